The molecule has 0 aliphatic heterocycles. The lowest BCUT2D eigenvalue weighted by atomic mass is 9.76. The van der Waals surface area contributed by atoms with Gasteiger partial charge in [-0.25, -0.2) is 0 Å². The SMILES string of the molecule is CCCCCCCCC[C@H]1CC[C@H](c2ccc(-c3ccc([C@H]4CC[C@H](CCC)CC4)cc3)c(C)c2)CC1. The molecule has 0 unspecified atom stereocenters. The van der Waals surface area contributed by atoms with Crippen LogP contribution in [0.5, 0.6) is 0 Å². The van der Waals surface area contributed by atoms with E-state index < -0.39 is 0 Å². The van der Waals surface area contributed by atoms with Crippen molar-refractivity contribution in [1.29, 1.82) is 0 Å². The maximum Gasteiger partial charge on any atom is -0.0155 e. The molecule has 0 saturated heterocycles. The summed E-state index contributed by atoms with van der Waals surface area (Å²) in [7, 11) is 0. The van der Waals surface area contributed by atoms with Gasteiger partial charge in [-0.3, -0.25) is 0 Å². The molecule has 0 heteroatoms. The molecule has 2 aliphatic carbocycles. The Labute approximate surface area is 230 Å². The van der Waals surface area contributed by atoms with Crippen molar-refractivity contribution in [3.8, 4) is 11.1 Å². The van der Waals surface area contributed by atoms with Gasteiger partial charge < -0.3 is 0 Å². The quantitative estimate of drug-likeness (QED) is 0.240. The molecular formula is C37H56. The zero-order valence-electron chi connectivity index (χ0n) is 24.6. The summed E-state index contributed by atoms with van der Waals surface area (Å²) in [6.07, 6.45) is 25.7. The van der Waals surface area contributed by atoms with Crippen LogP contribution in [0.2, 0.25) is 0 Å². The van der Waals surface area contributed by atoms with Crippen molar-refractivity contribution in [2.45, 2.75) is 148 Å². The number of hydrogen-bond acceptors (Lipinski definition) is 0. The first-order valence-corrected chi connectivity index (χ1v) is 16.4. The lowest BCUT2D eigenvalue weighted by molar-refractivity contribution is 0.301. The van der Waals surface area contributed by atoms with Crippen molar-refractivity contribution in [3.05, 3.63) is 59.2 Å². The maximum atomic E-state index is 2.51. The van der Waals surface area contributed by atoms with Gasteiger partial charge in [0.1, 0.15) is 0 Å². The Morgan fingerprint density at radius 3 is 1.68 bits per heavy atom. The second kappa shape index (κ2) is 15.1. The molecule has 0 N–H and O–H groups in total. The van der Waals surface area contributed by atoms with Crippen LogP contribution in [0.3, 0.4) is 0 Å². The van der Waals surface area contributed by atoms with Crippen molar-refractivity contribution in [2.24, 2.45) is 11.8 Å². The van der Waals surface area contributed by atoms with E-state index in [1.165, 1.54) is 132 Å². The van der Waals surface area contributed by atoms with E-state index in [9.17, 15) is 0 Å². The Morgan fingerprint density at radius 1 is 0.541 bits per heavy atom. The number of rotatable bonds is 13. The minimum absolute atomic E-state index is 0.781. The molecule has 0 spiro atoms. The largest absolute Gasteiger partial charge is 0.0654 e. The summed E-state index contributed by atoms with van der Waals surface area (Å²) in [5.74, 6) is 3.55. The molecule has 0 nitrogen and oxygen atoms in total. The van der Waals surface area contributed by atoms with Gasteiger partial charge in [0.15, 0.2) is 0 Å². The molecule has 0 aromatic heterocycles. The van der Waals surface area contributed by atoms with Crippen LogP contribution in [-0.4, -0.2) is 0 Å². The smallest absolute Gasteiger partial charge is 0.0155 e. The zero-order valence-corrected chi connectivity index (χ0v) is 24.6. The van der Waals surface area contributed by atoms with Crippen LogP contribution in [0.25, 0.3) is 11.1 Å². The second-order valence-corrected chi connectivity index (χ2v) is 12.8. The number of hydrogen-bond donors (Lipinski definition) is 0. The van der Waals surface area contributed by atoms with Gasteiger partial charge in [0, 0.05) is 0 Å². The average Bonchev–Trinajstić information content (AvgIpc) is 2.94. The first-order chi connectivity index (χ1) is 18.2. The van der Waals surface area contributed by atoms with E-state index in [2.05, 4.69) is 63.2 Å². The van der Waals surface area contributed by atoms with Crippen molar-refractivity contribution < 1.29 is 0 Å². The van der Waals surface area contributed by atoms with E-state index in [0.29, 0.717) is 0 Å². The zero-order chi connectivity index (χ0) is 25.9. The second-order valence-electron chi connectivity index (χ2n) is 12.8. The molecule has 2 fully saturated rings. The van der Waals surface area contributed by atoms with Crippen molar-refractivity contribution >= 4 is 0 Å². The van der Waals surface area contributed by atoms with E-state index in [4.69, 9.17) is 0 Å². The molecular weight excluding hydrogens is 444 g/mol. The first kappa shape index (κ1) is 28.4. The molecule has 2 aromatic carbocycles. The minimum atomic E-state index is 0.781. The van der Waals surface area contributed by atoms with E-state index >= 15 is 0 Å². The highest BCUT2D eigenvalue weighted by molar-refractivity contribution is 5.68. The summed E-state index contributed by atoms with van der Waals surface area (Å²) in [4.78, 5) is 0. The van der Waals surface area contributed by atoms with Crippen LogP contribution >= 0.6 is 0 Å². The van der Waals surface area contributed by atoms with Crippen LogP contribution in [0, 0.1) is 18.8 Å². The molecule has 0 amide bonds. The highest BCUT2D eigenvalue weighted by atomic mass is 14.3. The lowest BCUT2D eigenvalue weighted by Gasteiger charge is -2.29. The third kappa shape index (κ3) is 8.46. The third-order valence-corrected chi connectivity index (χ3v) is 10.0. The highest BCUT2D eigenvalue weighted by Crippen LogP contribution is 2.40. The third-order valence-electron chi connectivity index (χ3n) is 10.0. The Bertz CT molecular complexity index is 890. The van der Waals surface area contributed by atoms with Gasteiger partial charge in [0.05, 0.1) is 0 Å². The average molecular weight is 501 g/mol. The lowest BCUT2D eigenvalue weighted by Crippen LogP contribution is -2.13. The fourth-order valence-electron chi connectivity index (χ4n) is 7.57. The van der Waals surface area contributed by atoms with Gasteiger partial charge in [-0.05, 0) is 110 Å². The Morgan fingerprint density at radius 2 is 1.08 bits per heavy atom. The molecule has 204 valence electrons. The normalized spacial score (nSPS) is 24.3. The first-order valence-electron chi connectivity index (χ1n) is 16.4. The van der Waals surface area contributed by atoms with Gasteiger partial charge in [-0.2, -0.15) is 0 Å². The Balaban J connectivity index is 1.23. The van der Waals surface area contributed by atoms with E-state index in [-0.39, 0.29) is 0 Å². The summed E-state index contributed by atoms with van der Waals surface area (Å²) < 4.78 is 0. The van der Waals surface area contributed by atoms with Crippen molar-refractivity contribution in [1.82, 2.24) is 0 Å². The van der Waals surface area contributed by atoms with Crippen LogP contribution < -0.4 is 0 Å². The van der Waals surface area contributed by atoms with E-state index in [1.54, 1.807) is 11.1 Å². The van der Waals surface area contributed by atoms with Gasteiger partial charge in [0.2, 0.25) is 0 Å². The van der Waals surface area contributed by atoms with Gasteiger partial charge in [0.25, 0.3) is 0 Å². The molecule has 2 aliphatic rings. The molecule has 2 aromatic rings. The van der Waals surface area contributed by atoms with E-state index in [0.717, 1.165) is 23.7 Å². The van der Waals surface area contributed by atoms with Gasteiger partial charge >= 0.3 is 0 Å². The molecule has 0 radical (unpaired) electrons. The molecule has 0 bridgehead atoms. The Hall–Kier alpha value is -1.56. The summed E-state index contributed by atoms with van der Waals surface area (Å²) in [6, 6.07) is 17.0. The summed E-state index contributed by atoms with van der Waals surface area (Å²) in [6.45, 7) is 6.97. The number of benzene rings is 2. The Kier molecular flexibility index (Phi) is 11.6. The predicted octanol–water partition coefficient (Wildman–Crippen LogP) is 12.2. The monoisotopic (exact) mass is 500 g/mol. The fourth-order valence-corrected chi connectivity index (χ4v) is 7.57. The summed E-state index contributed by atoms with van der Waals surface area (Å²) in [5, 5.41) is 0. The molecule has 0 atom stereocenters. The van der Waals surface area contributed by atoms with Gasteiger partial charge in [-0.15, -0.1) is 0 Å². The van der Waals surface area contributed by atoms with Crippen LogP contribution in [-0.2, 0) is 0 Å². The molecule has 2 saturated carbocycles. The predicted molar refractivity (Wildman–Crippen MR) is 164 cm³/mol. The fraction of sp³-hybridized carbons (Fsp3) is 0.676. The summed E-state index contributed by atoms with van der Waals surface area (Å²) in [5.41, 5.74) is 7.44. The standard InChI is InChI=1S/C37H56/c1-4-6-7-8-9-10-11-13-31-16-20-34(21-17-31)36-26-27-37(29(3)28-36)35-24-22-33(23-25-35)32-18-14-30(12-5-2)15-19-32/h22-28,30-32,34H,4-21H2,1-3H3/t30-,31-,32-,34-. The topological polar surface area (TPSA) is 0 Å². The van der Waals surface area contributed by atoms with Crippen molar-refractivity contribution in [2.75, 3.05) is 0 Å². The molecule has 37 heavy (non-hydrogen) atoms. The van der Waals surface area contributed by atoms with Crippen LogP contribution in [0.15, 0.2) is 42.5 Å². The number of aryl methyl sites for hydroxylation is 1. The van der Waals surface area contributed by atoms with Gasteiger partial charge in [-0.1, -0.05) is 121 Å². The summed E-state index contributed by atoms with van der Waals surface area (Å²) >= 11 is 0. The van der Waals surface area contributed by atoms with E-state index in [1.807, 2.05) is 0 Å². The minimum Gasteiger partial charge on any atom is -0.0654 e. The maximum absolute atomic E-state index is 2.51. The van der Waals surface area contributed by atoms with Crippen LogP contribution in [0.1, 0.15) is 158 Å². The van der Waals surface area contributed by atoms with Crippen molar-refractivity contribution in [3.63, 3.8) is 0 Å². The van der Waals surface area contributed by atoms with Crippen LogP contribution in [0.4, 0.5) is 0 Å². The number of unbranched alkanes of at least 4 members (excludes halogenated alkanes) is 6. The molecule has 4 rings (SSSR count). The highest BCUT2D eigenvalue weighted by Gasteiger charge is 2.23. The molecule has 0 heterocycles.